The van der Waals surface area contributed by atoms with Crippen LogP contribution in [0.15, 0.2) is 36.4 Å². The van der Waals surface area contributed by atoms with Gasteiger partial charge >= 0.3 is 5.97 Å². The normalized spacial score (nSPS) is 11.0. The average Bonchev–Trinajstić information content (AvgIpc) is 3.04. The number of aromatic nitrogens is 1. The Morgan fingerprint density at radius 1 is 1.26 bits per heavy atom. The molecule has 0 radical (unpaired) electrons. The van der Waals surface area contributed by atoms with Crippen LogP contribution < -0.4 is 5.73 Å². The first-order valence-electron chi connectivity index (χ1n) is 5.82. The number of H-pyrrole nitrogens is 1. The van der Waals surface area contributed by atoms with Gasteiger partial charge in [0, 0.05) is 17.4 Å². The van der Waals surface area contributed by atoms with Crippen molar-refractivity contribution >= 4 is 28.2 Å². The molecule has 0 saturated heterocycles. The summed E-state index contributed by atoms with van der Waals surface area (Å²) in [5, 5.41) is 10.0. The lowest BCUT2D eigenvalue weighted by atomic mass is 10.1. The average molecular weight is 272 g/mol. The SMILES string of the molecule is NCc1ccc2[nH]c(-c3ccc(C(=O)O)s3)cc2c1. The molecule has 1 aromatic carbocycles. The fraction of sp³-hybridized carbons (Fsp3) is 0.0714. The van der Waals surface area contributed by atoms with Gasteiger partial charge < -0.3 is 15.8 Å². The summed E-state index contributed by atoms with van der Waals surface area (Å²) in [6.45, 7) is 0.513. The number of hydrogen-bond donors (Lipinski definition) is 3. The van der Waals surface area contributed by atoms with Gasteiger partial charge in [-0.3, -0.25) is 0 Å². The Kier molecular flexibility index (Phi) is 2.85. The second kappa shape index (κ2) is 4.53. The van der Waals surface area contributed by atoms with Crippen molar-refractivity contribution in [2.45, 2.75) is 6.54 Å². The quantitative estimate of drug-likeness (QED) is 0.685. The van der Waals surface area contributed by atoms with E-state index in [9.17, 15) is 4.79 Å². The van der Waals surface area contributed by atoms with E-state index in [0.717, 1.165) is 27.0 Å². The molecule has 2 heterocycles. The van der Waals surface area contributed by atoms with E-state index in [0.29, 0.717) is 11.4 Å². The van der Waals surface area contributed by atoms with E-state index in [2.05, 4.69) is 4.98 Å². The maximum absolute atomic E-state index is 10.9. The Labute approximate surface area is 113 Å². The maximum atomic E-state index is 10.9. The molecular formula is C14H12N2O2S. The van der Waals surface area contributed by atoms with Gasteiger partial charge in [0.2, 0.25) is 0 Å². The predicted octanol–water partition coefficient (Wildman–Crippen LogP) is 3.05. The van der Waals surface area contributed by atoms with Crippen LogP contribution in [0.3, 0.4) is 0 Å². The number of aromatic amines is 1. The topological polar surface area (TPSA) is 79.1 Å². The van der Waals surface area contributed by atoms with Crippen LogP contribution in [0.4, 0.5) is 0 Å². The van der Waals surface area contributed by atoms with Crippen molar-refractivity contribution in [3.63, 3.8) is 0 Å². The molecule has 0 aliphatic heterocycles. The summed E-state index contributed by atoms with van der Waals surface area (Å²) in [5.41, 5.74) is 8.66. The van der Waals surface area contributed by atoms with Gasteiger partial charge in [-0.1, -0.05) is 6.07 Å². The Balaban J connectivity index is 2.06. The largest absolute Gasteiger partial charge is 0.477 e. The molecule has 4 N–H and O–H groups in total. The molecule has 0 amide bonds. The first kappa shape index (κ1) is 12.0. The number of thiophene rings is 1. The summed E-state index contributed by atoms with van der Waals surface area (Å²) in [6.07, 6.45) is 0. The van der Waals surface area contributed by atoms with E-state index in [1.807, 2.05) is 30.3 Å². The van der Waals surface area contributed by atoms with Crippen LogP contribution >= 0.6 is 11.3 Å². The zero-order chi connectivity index (χ0) is 13.4. The monoisotopic (exact) mass is 272 g/mol. The third-order valence-corrected chi connectivity index (χ3v) is 4.11. The number of nitrogens with one attached hydrogen (secondary N) is 1. The molecule has 5 heteroatoms. The number of carboxylic acids is 1. The van der Waals surface area contributed by atoms with Gasteiger partial charge in [0.05, 0.1) is 10.6 Å². The summed E-state index contributed by atoms with van der Waals surface area (Å²) in [5.74, 6) is -0.891. The fourth-order valence-electron chi connectivity index (χ4n) is 2.04. The molecule has 0 spiro atoms. The number of aromatic carboxylic acids is 1. The van der Waals surface area contributed by atoms with Crippen LogP contribution in [0, 0.1) is 0 Å². The highest BCUT2D eigenvalue weighted by Gasteiger charge is 2.10. The van der Waals surface area contributed by atoms with Gasteiger partial charge in [-0.25, -0.2) is 4.79 Å². The van der Waals surface area contributed by atoms with Crippen molar-refractivity contribution in [2.24, 2.45) is 5.73 Å². The Bertz CT molecular complexity index is 758. The highest BCUT2D eigenvalue weighted by molar-refractivity contribution is 7.17. The molecule has 3 aromatic rings. The summed E-state index contributed by atoms with van der Waals surface area (Å²) < 4.78 is 0. The van der Waals surface area contributed by atoms with E-state index in [1.54, 1.807) is 6.07 Å². The maximum Gasteiger partial charge on any atom is 0.345 e. The second-order valence-electron chi connectivity index (χ2n) is 4.28. The molecule has 4 nitrogen and oxygen atoms in total. The van der Waals surface area contributed by atoms with Crippen molar-refractivity contribution in [3.05, 3.63) is 46.8 Å². The molecule has 0 atom stereocenters. The van der Waals surface area contributed by atoms with Gasteiger partial charge in [-0.2, -0.15) is 0 Å². The standard InChI is InChI=1S/C14H12N2O2S/c15-7-8-1-2-10-9(5-8)6-11(16-10)12-3-4-13(19-12)14(17)18/h1-6,16H,7,15H2,(H,17,18). The minimum absolute atomic E-state index is 0.344. The summed E-state index contributed by atoms with van der Waals surface area (Å²) in [6, 6.07) is 11.5. The minimum atomic E-state index is -0.891. The zero-order valence-electron chi connectivity index (χ0n) is 10.0. The molecule has 96 valence electrons. The van der Waals surface area contributed by atoms with Crippen molar-refractivity contribution in [1.29, 1.82) is 0 Å². The number of hydrogen-bond acceptors (Lipinski definition) is 3. The number of nitrogens with two attached hydrogens (primary N) is 1. The van der Waals surface area contributed by atoms with Crippen molar-refractivity contribution in [1.82, 2.24) is 4.98 Å². The Morgan fingerprint density at radius 2 is 2.11 bits per heavy atom. The molecule has 0 unspecified atom stereocenters. The summed E-state index contributed by atoms with van der Waals surface area (Å²) in [4.78, 5) is 15.4. The van der Waals surface area contributed by atoms with Crippen LogP contribution in [-0.2, 0) is 6.54 Å². The fourth-order valence-corrected chi connectivity index (χ4v) is 2.86. The lowest BCUT2D eigenvalue weighted by molar-refractivity contribution is 0.0702. The van der Waals surface area contributed by atoms with Crippen molar-refractivity contribution in [3.8, 4) is 10.6 Å². The first-order valence-corrected chi connectivity index (χ1v) is 6.64. The molecule has 0 aliphatic rings. The second-order valence-corrected chi connectivity index (χ2v) is 5.36. The lowest BCUT2D eigenvalue weighted by Gasteiger charge is -1.94. The van der Waals surface area contributed by atoms with Crippen LogP contribution in [0.5, 0.6) is 0 Å². The molecule has 0 bridgehead atoms. The molecule has 3 rings (SSSR count). The molecule has 0 fully saturated rings. The van der Waals surface area contributed by atoms with Crippen LogP contribution in [0.25, 0.3) is 21.5 Å². The Morgan fingerprint density at radius 3 is 2.79 bits per heavy atom. The van der Waals surface area contributed by atoms with E-state index in [4.69, 9.17) is 10.8 Å². The highest BCUT2D eigenvalue weighted by atomic mass is 32.1. The van der Waals surface area contributed by atoms with E-state index in [-0.39, 0.29) is 0 Å². The molecule has 0 aliphatic carbocycles. The van der Waals surface area contributed by atoms with Crippen molar-refractivity contribution < 1.29 is 9.90 Å². The van der Waals surface area contributed by atoms with E-state index >= 15 is 0 Å². The van der Waals surface area contributed by atoms with Crippen LogP contribution in [0.2, 0.25) is 0 Å². The van der Waals surface area contributed by atoms with Gasteiger partial charge in [0.15, 0.2) is 0 Å². The van der Waals surface area contributed by atoms with Gasteiger partial charge in [-0.05, 0) is 35.9 Å². The third-order valence-electron chi connectivity index (χ3n) is 3.00. The Hall–Kier alpha value is -2.11. The van der Waals surface area contributed by atoms with E-state index in [1.165, 1.54) is 11.3 Å². The summed E-state index contributed by atoms with van der Waals surface area (Å²) >= 11 is 1.26. The molecule has 2 aromatic heterocycles. The predicted molar refractivity (Wildman–Crippen MR) is 76.5 cm³/mol. The van der Waals surface area contributed by atoms with Gasteiger partial charge in [-0.15, -0.1) is 11.3 Å². The zero-order valence-corrected chi connectivity index (χ0v) is 10.8. The van der Waals surface area contributed by atoms with Crippen LogP contribution in [0.1, 0.15) is 15.2 Å². The van der Waals surface area contributed by atoms with E-state index < -0.39 is 5.97 Å². The van der Waals surface area contributed by atoms with Crippen molar-refractivity contribution in [2.75, 3.05) is 0 Å². The molecular weight excluding hydrogens is 260 g/mol. The minimum Gasteiger partial charge on any atom is -0.477 e. The van der Waals surface area contributed by atoms with Gasteiger partial charge in [0.1, 0.15) is 4.88 Å². The number of fused-ring (bicyclic) bond motifs is 1. The number of carboxylic acid groups (broad SMARTS) is 1. The molecule has 19 heavy (non-hydrogen) atoms. The summed E-state index contributed by atoms with van der Waals surface area (Å²) in [7, 11) is 0. The number of carbonyl (C=O) groups is 1. The number of benzene rings is 1. The molecule has 0 saturated carbocycles. The highest BCUT2D eigenvalue weighted by Crippen LogP contribution is 2.30. The third kappa shape index (κ3) is 2.14. The number of rotatable bonds is 3. The lowest BCUT2D eigenvalue weighted by Crippen LogP contribution is -1.94. The smallest absolute Gasteiger partial charge is 0.345 e. The first-order chi connectivity index (χ1) is 9.17. The van der Waals surface area contributed by atoms with Gasteiger partial charge in [0.25, 0.3) is 0 Å². The van der Waals surface area contributed by atoms with Crippen LogP contribution in [-0.4, -0.2) is 16.1 Å².